The van der Waals surface area contributed by atoms with E-state index >= 15 is 0 Å². The number of rotatable bonds is 5. The number of phenols is 1. The molecule has 0 spiro atoms. The number of nitrogens with zero attached hydrogens (tertiary/aromatic N) is 2. The minimum atomic E-state index is 0.172. The third-order valence-electron chi connectivity index (χ3n) is 3.64. The number of anilines is 2. The van der Waals surface area contributed by atoms with Gasteiger partial charge in [-0.15, -0.1) is 6.58 Å². The zero-order valence-corrected chi connectivity index (χ0v) is 15.9. The van der Waals surface area contributed by atoms with Crippen LogP contribution in [0.3, 0.4) is 0 Å². The number of aromatic hydroxyl groups is 1. The van der Waals surface area contributed by atoms with Crippen molar-refractivity contribution < 1.29 is 9.84 Å². The molecule has 0 aliphatic carbocycles. The van der Waals surface area contributed by atoms with Crippen molar-refractivity contribution in [1.82, 2.24) is 9.97 Å². The number of nitrogens with one attached hydrogen (secondary N) is 1. The van der Waals surface area contributed by atoms with Crippen molar-refractivity contribution in [3.8, 4) is 11.5 Å². The molecule has 2 N–H and O–H groups in total. The lowest BCUT2D eigenvalue weighted by Gasteiger charge is -2.05. The predicted octanol–water partition coefficient (Wildman–Crippen LogP) is 4.97. The molecule has 2 aromatic carbocycles. The molecular weight excluding hydrogens is 338 g/mol. The van der Waals surface area contributed by atoms with E-state index in [1.165, 1.54) is 7.11 Å². The average Bonchev–Trinajstić information content (AvgIpc) is 2.64. The van der Waals surface area contributed by atoms with E-state index in [9.17, 15) is 5.11 Å². The number of para-hydroxylation sites is 1. The summed E-state index contributed by atoms with van der Waals surface area (Å²) in [6.07, 6.45) is 2.60. The second-order valence-electron chi connectivity index (χ2n) is 5.96. The molecular formula is C22H25N3O2. The van der Waals surface area contributed by atoms with Crippen LogP contribution in [0.15, 0.2) is 67.3 Å². The maximum Gasteiger partial charge on any atom is 0.227 e. The molecule has 0 radical (unpaired) electrons. The summed E-state index contributed by atoms with van der Waals surface area (Å²) >= 11 is 0. The van der Waals surface area contributed by atoms with Gasteiger partial charge in [0.05, 0.1) is 7.11 Å². The topological polar surface area (TPSA) is 67.3 Å². The number of hydrogen-bond donors (Lipinski definition) is 2. The normalized spacial score (nSPS) is 9.74. The highest BCUT2D eigenvalue weighted by molar-refractivity contribution is 5.52. The van der Waals surface area contributed by atoms with Crippen molar-refractivity contribution in [3.63, 3.8) is 0 Å². The summed E-state index contributed by atoms with van der Waals surface area (Å²) in [5.74, 6) is 1.33. The van der Waals surface area contributed by atoms with Gasteiger partial charge in [-0.3, -0.25) is 0 Å². The summed E-state index contributed by atoms with van der Waals surface area (Å²) in [6.45, 7) is 7.56. The van der Waals surface area contributed by atoms with Gasteiger partial charge < -0.3 is 15.2 Å². The summed E-state index contributed by atoms with van der Waals surface area (Å²) in [6, 6.07) is 17.1. The fraction of sp³-hybridized carbons (Fsp3) is 0.182. The maximum atomic E-state index is 9.25. The Bertz CT molecular complexity index is 860. The second kappa shape index (κ2) is 9.97. The molecule has 5 heteroatoms. The van der Waals surface area contributed by atoms with Crippen molar-refractivity contribution in [3.05, 3.63) is 84.2 Å². The number of methoxy groups -OCH3 is 1. The molecule has 3 rings (SSSR count). The number of phenolic OH excluding ortho intramolecular Hbond substituents is 1. The molecule has 1 heterocycles. The highest BCUT2D eigenvalue weighted by Gasteiger charge is 2.00. The standard InChI is InChI=1S/C12H13N3.C10H12O2/c1-9-8-10(2)14-12(13-9)15-11-6-4-3-5-7-11;1-3-4-8-5-6-9(11)10(7-8)12-2/h3-8H,1-2H3,(H,13,14,15);3,5-7,11H,1,4H2,2H3. The maximum absolute atomic E-state index is 9.25. The first-order valence-electron chi connectivity index (χ1n) is 8.63. The minimum Gasteiger partial charge on any atom is -0.504 e. The molecule has 0 atom stereocenters. The zero-order chi connectivity index (χ0) is 19.6. The van der Waals surface area contributed by atoms with Crippen LogP contribution in [0.2, 0.25) is 0 Å². The quantitative estimate of drug-likeness (QED) is 0.627. The smallest absolute Gasteiger partial charge is 0.227 e. The molecule has 0 fully saturated rings. The average molecular weight is 363 g/mol. The lowest BCUT2D eigenvalue weighted by Crippen LogP contribution is -1.99. The first-order valence-corrected chi connectivity index (χ1v) is 8.63. The van der Waals surface area contributed by atoms with E-state index in [1.54, 1.807) is 12.1 Å². The Kier molecular flexibility index (Phi) is 7.37. The van der Waals surface area contributed by atoms with Crippen LogP contribution in [0.5, 0.6) is 11.5 Å². The molecule has 1 aromatic heterocycles. The first-order chi connectivity index (χ1) is 13.0. The van der Waals surface area contributed by atoms with E-state index in [0.29, 0.717) is 11.7 Å². The van der Waals surface area contributed by atoms with Gasteiger partial charge in [0.25, 0.3) is 0 Å². The van der Waals surface area contributed by atoms with Gasteiger partial charge in [-0.25, -0.2) is 9.97 Å². The molecule has 0 aliphatic heterocycles. The fourth-order valence-corrected chi connectivity index (χ4v) is 2.45. The van der Waals surface area contributed by atoms with Crippen molar-refractivity contribution in [1.29, 1.82) is 0 Å². The summed E-state index contributed by atoms with van der Waals surface area (Å²) in [4.78, 5) is 8.61. The third kappa shape index (κ3) is 6.47. The van der Waals surface area contributed by atoms with Crippen molar-refractivity contribution in [2.75, 3.05) is 12.4 Å². The summed E-state index contributed by atoms with van der Waals surface area (Å²) < 4.78 is 4.95. The van der Waals surface area contributed by atoms with Crippen LogP contribution in [0, 0.1) is 13.8 Å². The van der Waals surface area contributed by atoms with Crippen LogP contribution < -0.4 is 10.1 Å². The zero-order valence-electron chi connectivity index (χ0n) is 15.9. The van der Waals surface area contributed by atoms with Crippen molar-refractivity contribution >= 4 is 11.6 Å². The van der Waals surface area contributed by atoms with E-state index in [2.05, 4.69) is 21.9 Å². The summed E-state index contributed by atoms with van der Waals surface area (Å²) in [5, 5.41) is 12.4. The number of ether oxygens (including phenoxy) is 1. The van der Waals surface area contributed by atoms with Gasteiger partial charge >= 0.3 is 0 Å². The minimum absolute atomic E-state index is 0.172. The Morgan fingerprint density at radius 2 is 1.70 bits per heavy atom. The van der Waals surface area contributed by atoms with Gasteiger partial charge in [0.2, 0.25) is 5.95 Å². The molecule has 0 aliphatic rings. The van der Waals surface area contributed by atoms with Crippen LogP contribution in [0.1, 0.15) is 17.0 Å². The lowest BCUT2D eigenvalue weighted by molar-refractivity contribution is 0.373. The molecule has 3 aromatic rings. The number of hydrogen-bond acceptors (Lipinski definition) is 5. The van der Waals surface area contributed by atoms with Gasteiger partial charge in [-0.2, -0.15) is 0 Å². The van der Waals surface area contributed by atoms with Crippen molar-refractivity contribution in [2.45, 2.75) is 20.3 Å². The molecule has 5 nitrogen and oxygen atoms in total. The van der Waals surface area contributed by atoms with Crippen LogP contribution in [0.4, 0.5) is 11.6 Å². The predicted molar refractivity (Wildman–Crippen MR) is 110 cm³/mol. The number of aryl methyl sites for hydroxylation is 2. The van der Waals surface area contributed by atoms with Crippen LogP contribution in [0.25, 0.3) is 0 Å². The SMILES string of the molecule is C=CCc1ccc(O)c(OC)c1.Cc1cc(C)nc(Nc2ccccc2)n1. The Hall–Kier alpha value is -3.34. The largest absolute Gasteiger partial charge is 0.504 e. The number of aromatic nitrogens is 2. The van der Waals surface area contributed by atoms with E-state index < -0.39 is 0 Å². The van der Waals surface area contributed by atoms with Crippen molar-refractivity contribution in [2.24, 2.45) is 0 Å². The second-order valence-corrected chi connectivity index (χ2v) is 5.96. The van der Waals surface area contributed by atoms with Gasteiger partial charge in [0.15, 0.2) is 11.5 Å². The van der Waals surface area contributed by atoms with E-state index in [0.717, 1.165) is 29.1 Å². The molecule has 0 unspecified atom stereocenters. The summed E-state index contributed by atoms with van der Waals surface area (Å²) in [7, 11) is 1.53. The van der Waals surface area contributed by atoms with E-state index in [-0.39, 0.29) is 5.75 Å². The lowest BCUT2D eigenvalue weighted by atomic mass is 10.1. The van der Waals surface area contributed by atoms with Gasteiger partial charge in [-0.1, -0.05) is 30.3 Å². The van der Waals surface area contributed by atoms with Gasteiger partial charge in [-0.05, 0) is 56.2 Å². The number of allylic oxidation sites excluding steroid dienone is 1. The van der Waals surface area contributed by atoms with Crippen LogP contribution >= 0.6 is 0 Å². The highest BCUT2D eigenvalue weighted by Crippen LogP contribution is 2.26. The highest BCUT2D eigenvalue weighted by atomic mass is 16.5. The molecule has 0 saturated carbocycles. The van der Waals surface area contributed by atoms with Crippen LogP contribution in [-0.2, 0) is 6.42 Å². The Morgan fingerprint density at radius 3 is 2.30 bits per heavy atom. The molecule has 0 amide bonds. The third-order valence-corrected chi connectivity index (χ3v) is 3.64. The number of benzene rings is 2. The first kappa shape index (κ1) is 20.0. The summed E-state index contributed by atoms with van der Waals surface area (Å²) in [5.41, 5.74) is 4.03. The Labute approximate surface area is 160 Å². The Morgan fingerprint density at radius 1 is 1.04 bits per heavy atom. The van der Waals surface area contributed by atoms with E-state index in [4.69, 9.17) is 4.74 Å². The monoisotopic (exact) mass is 363 g/mol. The molecule has 0 bridgehead atoms. The molecule has 140 valence electrons. The molecule has 27 heavy (non-hydrogen) atoms. The molecule has 0 saturated heterocycles. The van der Waals surface area contributed by atoms with Crippen LogP contribution in [-0.4, -0.2) is 22.2 Å². The van der Waals surface area contributed by atoms with E-state index in [1.807, 2.05) is 62.4 Å². The fourth-order valence-electron chi connectivity index (χ4n) is 2.45. The van der Waals surface area contributed by atoms with Gasteiger partial charge in [0.1, 0.15) is 0 Å². The van der Waals surface area contributed by atoms with Gasteiger partial charge in [0, 0.05) is 17.1 Å². The Balaban J connectivity index is 0.000000199.